The Morgan fingerprint density at radius 1 is 1.33 bits per heavy atom. The SMILES string of the molecule is COc1ncccc1C(=O)N1CC[C@](O)(CN2CCN(C)CC2)C1. The number of likely N-dealkylation sites (tertiary alicyclic amines) is 1. The van der Waals surface area contributed by atoms with Crippen LogP contribution in [0.4, 0.5) is 0 Å². The van der Waals surface area contributed by atoms with E-state index in [0.29, 0.717) is 37.5 Å². The Hall–Kier alpha value is -1.70. The molecular formula is C17H26N4O3. The lowest BCUT2D eigenvalue weighted by molar-refractivity contribution is 0.000492. The summed E-state index contributed by atoms with van der Waals surface area (Å²) in [5.74, 6) is 0.200. The van der Waals surface area contributed by atoms with E-state index in [1.807, 2.05) is 0 Å². The van der Waals surface area contributed by atoms with Crippen LogP contribution >= 0.6 is 0 Å². The fraction of sp³-hybridized carbons (Fsp3) is 0.647. The third kappa shape index (κ3) is 3.68. The van der Waals surface area contributed by atoms with Crippen LogP contribution in [-0.4, -0.2) is 96.3 Å². The highest BCUT2D eigenvalue weighted by Gasteiger charge is 2.40. The van der Waals surface area contributed by atoms with E-state index in [4.69, 9.17) is 4.74 Å². The number of rotatable bonds is 4. The van der Waals surface area contributed by atoms with Crippen LogP contribution in [0.5, 0.6) is 5.88 Å². The van der Waals surface area contributed by atoms with E-state index in [1.54, 1.807) is 23.2 Å². The summed E-state index contributed by atoms with van der Waals surface area (Å²) < 4.78 is 5.18. The number of hydrogen-bond donors (Lipinski definition) is 1. The van der Waals surface area contributed by atoms with Gasteiger partial charge in [-0.3, -0.25) is 9.69 Å². The van der Waals surface area contributed by atoms with Gasteiger partial charge in [-0.05, 0) is 25.6 Å². The van der Waals surface area contributed by atoms with Crippen molar-refractivity contribution in [3.05, 3.63) is 23.9 Å². The predicted molar refractivity (Wildman–Crippen MR) is 90.2 cm³/mol. The molecule has 7 nitrogen and oxygen atoms in total. The van der Waals surface area contributed by atoms with E-state index in [-0.39, 0.29) is 5.91 Å². The Kier molecular flexibility index (Phi) is 5.03. The van der Waals surface area contributed by atoms with E-state index in [2.05, 4.69) is 21.8 Å². The van der Waals surface area contributed by atoms with Crippen LogP contribution in [0.25, 0.3) is 0 Å². The summed E-state index contributed by atoms with van der Waals surface area (Å²) in [4.78, 5) is 23.1. The second-order valence-corrected chi connectivity index (χ2v) is 6.84. The number of aromatic nitrogens is 1. The molecule has 0 spiro atoms. The zero-order valence-corrected chi connectivity index (χ0v) is 14.4. The molecule has 7 heteroatoms. The molecule has 0 unspecified atom stereocenters. The van der Waals surface area contributed by atoms with Crippen LogP contribution in [-0.2, 0) is 0 Å². The first-order chi connectivity index (χ1) is 11.5. The molecule has 0 bridgehead atoms. The summed E-state index contributed by atoms with van der Waals surface area (Å²) >= 11 is 0. The van der Waals surface area contributed by atoms with Crippen molar-refractivity contribution in [2.24, 2.45) is 0 Å². The van der Waals surface area contributed by atoms with Gasteiger partial charge in [-0.1, -0.05) is 0 Å². The lowest BCUT2D eigenvalue weighted by Crippen LogP contribution is -2.52. The van der Waals surface area contributed by atoms with Gasteiger partial charge in [-0.25, -0.2) is 4.98 Å². The lowest BCUT2D eigenvalue weighted by atomic mass is 10.0. The third-order valence-corrected chi connectivity index (χ3v) is 4.93. The Bertz CT molecular complexity index is 589. The summed E-state index contributed by atoms with van der Waals surface area (Å²) in [7, 11) is 3.62. The molecule has 1 amide bonds. The number of likely N-dealkylation sites (N-methyl/N-ethyl adjacent to an activating group) is 1. The number of β-amino-alcohol motifs (C(OH)–C–C–N with tert-alkyl or cyclic N) is 1. The lowest BCUT2D eigenvalue weighted by Gasteiger charge is -2.36. The number of pyridine rings is 1. The van der Waals surface area contributed by atoms with Gasteiger partial charge >= 0.3 is 0 Å². The summed E-state index contributed by atoms with van der Waals surface area (Å²) in [6, 6.07) is 3.44. The maximum Gasteiger partial charge on any atom is 0.259 e. The normalized spacial score (nSPS) is 25.9. The van der Waals surface area contributed by atoms with Crippen LogP contribution in [0.3, 0.4) is 0 Å². The molecule has 2 aliphatic rings. The molecule has 1 atom stereocenters. The number of piperazine rings is 1. The smallest absolute Gasteiger partial charge is 0.259 e. The first-order valence-corrected chi connectivity index (χ1v) is 8.42. The van der Waals surface area contributed by atoms with Crippen LogP contribution in [0, 0.1) is 0 Å². The average Bonchev–Trinajstić information content (AvgIpc) is 2.98. The summed E-state index contributed by atoms with van der Waals surface area (Å²) in [5.41, 5.74) is -0.384. The molecule has 1 aromatic rings. The highest BCUT2D eigenvalue weighted by molar-refractivity contribution is 5.96. The van der Waals surface area contributed by atoms with Crippen molar-refractivity contribution in [1.82, 2.24) is 19.7 Å². The van der Waals surface area contributed by atoms with Crippen LogP contribution in [0.1, 0.15) is 16.8 Å². The molecule has 24 heavy (non-hydrogen) atoms. The monoisotopic (exact) mass is 334 g/mol. The molecule has 2 aliphatic heterocycles. The van der Waals surface area contributed by atoms with Gasteiger partial charge in [0.1, 0.15) is 5.56 Å². The van der Waals surface area contributed by atoms with Gasteiger partial charge in [0.15, 0.2) is 0 Å². The molecule has 0 aliphatic carbocycles. The van der Waals surface area contributed by atoms with Gasteiger partial charge in [-0.15, -0.1) is 0 Å². The molecular weight excluding hydrogens is 308 g/mol. The number of nitrogens with zero attached hydrogens (tertiary/aromatic N) is 4. The Labute approximate surface area is 142 Å². The van der Waals surface area contributed by atoms with E-state index < -0.39 is 5.60 Å². The maximum absolute atomic E-state index is 12.7. The van der Waals surface area contributed by atoms with Gasteiger partial charge < -0.3 is 19.6 Å². The molecule has 0 radical (unpaired) electrons. The fourth-order valence-corrected chi connectivity index (χ4v) is 3.47. The van der Waals surface area contributed by atoms with E-state index >= 15 is 0 Å². The van der Waals surface area contributed by atoms with E-state index in [9.17, 15) is 9.90 Å². The quantitative estimate of drug-likeness (QED) is 0.830. The zero-order chi connectivity index (χ0) is 17.2. The molecule has 2 fully saturated rings. The molecule has 3 heterocycles. The first-order valence-electron chi connectivity index (χ1n) is 8.42. The van der Waals surface area contributed by atoms with E-state index in [1.165, 1.54) is 7.11 Å². The fourth-order valence-electron chi connectivity index (χ4n) is 3.47. The minimum Gasteiger partial charge on any atom is -0.480 e. The summed E-state index contributed by atoms with van der Waals surface area (Å²) in [6.45, 7) is 5.50. The van der Waals surface area contributed by atoms with Crippen LogP contribution < -0.4 is 4.74 Å². The maximum atomic E-state index is 12.7. The molecule has 0 aromatic carbocycles. The van der Waals surface area contributed by atoms with Crippen molar-refractivity contribution in [3.8, 4) is 5.88 Å². The van der Waals surface area contributed by atoms with Gasteiger partial charge in [0.05, 0.1) is 19.3 Å². The second-order valence-electron chi connectivity index (χ2n) is 6.84. The Balaban J connectivity index is 1.62. The van der Waals surface area contributed by atoms with Crippen molar-refractivity contribution < 1.29 is 14.6 Å². The molecule has 0 saturated carbocycles. The minimum atomic E-state index is -0.832. The minimum absolute atomic E-state index is 0.130. The largest absolute Gasteiger partial charge is 0.480 e. The summed E-state index contributed by atoms with van der Waals surface area (Å²) in [5, 5.41) is 10.9. The second kappa shape index (κ2) is 7.04. The third-order valence-electron chi connectivity index (χ3n) is 4.93. The highest BCUT2D eigenvalue weighted by Crippen LogP contribution is 2.26. The molecule has 1 N–H and O–H groups in total. The van der Waals surface area contributed by atoms with Crippen LogP contribution in [0.2, 0.25) is 0 Å². The highest BCUT2D eigenvalue weighted by atomic mass is 16.5. The van der Waals surface area contributed by atoms with Crippen molar-refractivity contribution in [2.75, 3.05) is 60.0 Å². The molecule has 1 aromatic heterocycles. The number of carbonyl (C=O) groups is 1. The molecule has 2 saturated heterocycles. The summed E-state index contributed by atoms with van der Waals surface area (Å²) in [6.07, 6.45) is 2.21. The van der Waals surface area contributed by atoms with Gasteiger partial charge in [0, 0.05) is 45.5 Å². The van der Waals surface area contributed by atoms with Gasteiger partial charge in [0.25, 0.3) is 5.91 Å². The standard InChI is InChI=1S/C17H26N4O3/c1-19-8-10-20(11-9-19)12-17(23)5-7-21(13-17)16(22)14-4-3-6-18-15(14)24-2/h3-4,6,23H,5,7-13H2,1-2H3/t17-/m0/s1. The van der Waals surface area contributed by atoms with Crippen molar-refractivity contribution in [2.45, 2.75) is 12.0 Å². The van der Waals surface area contributed by atoms with Gasteiger partial charge in [-0.2, -0.15) is 0 Å². The topological polar surface area (TPSA) is 69.1 Å². The molecule has 132 valence electrons. The van der Waals surface area contributed by atoms with E-state index in [0.717, 1.165) is 26.2 Å². The van der Waals surface area contributed by atoms with Gasteiger partial charge in [0.2, 0.25) is 5.88 Å². The number of ether oxygens (including phenoxy) is 1. The number of methoxy groups -OCH3 is 1. The number of hydrogen-bond acceptors (Lipinski definition) is 6. The number of aliphatic hydroxyl groups is 1. The predicted octanol–water partition coefficient (Wildman–Crippen LogP) is -0.0854. The van der Waals surface area contributed by atoms with Crippen molar-refractivity contribution in [1.29, 1.82) is 0 Å². The Morgan fingerprint density at radius 2 is 2.08 bits per heavy atom. The zero-order valence-electron chi connectivity index (χ0n) is 14.4. The first kappa shape index (κ1) is 17.1. The van der Waals surface area contributed by atoms with Crippen molar-refractivity contribution in [3.63, 3.8) is 0 Å². The molecule has 3 rings (SSSR count). The van der Waals surface area contributed by atoms with Crippen molar-refractivity contribution >= 4 is 5.91 Å². The average molecular weight is 334 g/mol. The Morgan fingerprint density at radius 3 is 2.79 bits per heavy atom. The van der Waals surface area contributed by atoms with Crippen LogP contribution in [0.15, 0.2) is 18.3 Å². The number of carbonyl (C=O) groups excluding carboxylic acids is 1. The number of amides is 1.